The molecular formula is C32H32N4O5S. The van der Waals surface area contributed by atoms with Crippen LogP contribution in [0.4, 0.5) is 4.79 Å². The van der Waals surface area contributed by atoms with E-state index in [0.717, 1.165) is 32.7 Å². The first kappa shape index (κ1) is 29.0. The van der Waals surface area contributed by atoms with Crippen LogP contribution in [-0.2, 0) is 27.3 Å². The highest BCUT2D eigenvalue weighted by Crippen LogP contribution is 2.44. The molecule has 216 valence electrons. The van der Waals surface area contributed by atoms with Crippen LogP contribution in [0.25, 0.3) is 11.1 Å². The molecular weight excluding hydrogens is 552 g/mol. The number of aliphatic carboxylic acids is 1. The van der Waals surface area contributed by atoms with E-state index in [-0.39, 0.29) is 25.5 Å². The Morgan fingerprint density at radius 3 is 2.19 bits per heavy atom. The second-order valence-corrected chi connectivity index (χ2v) is 11.2. The average molecular weight is 585 g/mol. The minimum atomic E-state index is -1.18. The molecule has 5 rings (SSSR count). The molecule has 2 atom stereocenters. The first-order chi connectivity index (χ1) is 20.4. The van der Waals surface area contributed by atoms with Gasteiger partial charge in [0.1, 0.15) is 18.7 Å². The smallest absolute Gasteiger partial charge is 0.407 e. The largest absolute Gasteiger partial charge is 0.480 e. The van der Waals surface area contributed by atoms with Gasteiger partial charge in [0.05, 0.1) is 5.51 Å². The molecule has 1 aliphatic rings. The summed E-state index contributed by atoms with van der Waals surface area (Å²) in [6.45, 7) is 0.759. The Balaban J connectivity index is 1.27. The standard InChI is InChI=1S/C32H32N4O5S/c1-36(17-21-9-3-2-4-10-21)18-29(30(37)34-28(31(38)39)15-22-16-33-20-42-22)35-32(40)41-19-27-25-13-7-5-11-23(25)24-12-6-8-14-26(24)27/h2-14,16,20,27-29H,15,17-19H2,1H3,(H,34,37)(H,35,40)(H,38,39). The van der Waals surface area contributed by atoms with Gasteiger partial charge in [0, 0.05) is 36.5 Å². The number of thiazole rings is 1. The van der Waals surface area contributed by atoms with Gasteiger partial charge in [0.15, 0.2) is 0 Å². The van der Waals surface area contributed by atoms with Crippen LogP contribution in [0.15, 0.2) is 90.6 Å². The first-order valence-corrected chi connectivity index (χ1v) is 14.5. The molecule has 0 fully saturated rings. The average Bonchev–Trinajstić information content (AvgIpc) is 3.62. The van der Waals surface area contributed by atoms with Gasteiger partial charge in [-0.2, -0.15) is 0 Å². The third-order valence-corrected chi connectivity index (χ3v) is 8.05. The molecule has 42 heavy (non-hydrogen) atoms. The summed E-state index contributed by atoms with van der Waals surface area (Å²) >= 11 is 1.31. The van der Waals surface area contributed by atoms with Gasteiger partial charge >= 0.3 is 12.1 Å². The second kappa shape index (κ2) is 13.4. The number of carboxylic acids is 1. The number of nitrogens with one attached hydrogen (secondary N) is 2. The van der Waals surface area contributed by atoms with Gasteiger partial charge < -0.3 is 20.5 Å². The van der Waals surface area contributed by atoms with Crippen molar-refractivity contribution in [3.63, 3.8) is 0 Å². The Bertz CT molecular complexity index is 1480. The van der Waals surface area contributed by atoms with Crippen LogP contribution in [0.5, 0.6) is 0 Å². The summed E-state index contributed by atoms with van der Waals surface area (Å²) in [7, 11) is 1.83. The van der Waals surface area contributed by atoms with Crippen LogP contribution < -0.4 is 10.6 Å². The maximum Gasteiger partial charge on any atom is 0.407 e. The van der Waals surface area contributed by atoms with E-state index in [2.05, 4.69) is 27.8 Å². The lowest BCUT2D eigenvalue weighted by Crippen LogP contribution is -2.55. The number of carbonyl (C=O) groups is 3. The Kier molecular flexibility index (Phi) is 9.25. The summed E-state index contributed by atoms with van der Waals surface area (Å²) in [5.41, 5.74) is 7.03. The normalized spacial score (nSPS) is 13.6. The molecule has 9 nitrogen and oxygen atoms in total. The van der Waals surface area contributed by atoms with E-state index in [9.17, 15) is 19.5 Å². The van der Waals surface area contributed by atoms with Crippen LogP contribution in [-0.4, -0.2) is 65.2 Å². The summed E-state index contributed by atoms with van der Waals surface area (Å²) in [4.78, 5) is 45.1. The number of benzene rings is 3. The molecule has 4 aromatic rings. The lowest BCUT2D eigenvalue weighted by atomic mass is 9.98. The Morgan fingerprint density at radius 1 is 0.929 bits per heavy atom. The number of rotatable bonds is 12. The molecule has 3 aromatic carbocycles. The molecule has 0 aliphatic heterocycles. The molecule has 2 amide bonds. The van der Waals surface area contributed by atoms with Crippen LogP contribution in [0.1, 0.15) is 27.5 Å². The minimum absolute atomic E-state index is 0.0866. The van der Waals surface area contributed by atoms with Crippen molar-refractivity contribution in [2.45, 2.75) is 31.0 Å². The maximum absolute atomic E-state index is 13.4. The Morgan fingerprint density at radius 2 is 1.57 bits per heavy atom. The lowest BCUT2D eigenvalue weighted by molar-refractivity contribution is -0.142. The van der Waals surface area contributed by atoms with E-state index in [0.29, 0.717) is 6.54 Å². The van der Waals surface area contributed by atoms with Gasteiger partial charge in [-0.25, -0.2) is 9.59 Å². The van der Waals surface area contributed by atoms with Crippen LogP contribution in [0.3, 0.4) is 0 Å². The molecule has 0 saturated heterocycles. The van der Waals surface area contributed by atoms with Gasteiger partial charge in [0.25, 0.3) is 0 Å². The number of amides is 2. The van der Waals surface area contributed by atoms with Crippen molar-refractivity contribution in [1.29, 1.82) is 0 Å². The van der Waals surface area contributed by atoms with Crippen molar-refractivity contribution in [1.82, 2.24) is 20.5 Å². The fraction of sp³-hybridized carbons (Fsp3) is 0.250. The van der Waals surface area contributed by atoms with E-state index < -0.39 is 30.1 Å². The zero-order valence-electron chi connectivity index (χ0n) is 23.1. The van der Waals surface area contributed by atoms with Gasteiger partial charge in [-0.15, -0.1) is 11.3 Å². The van der Waals surface area contributed by atoms with Crippen molar-refractivity contribution in [2.24, 2.45) is 0 Å². The minimum Gasteiger partial charge on any atom is -0.480 e. The van der Waals surface area contributed by atoms with Crippen molar-refractivity contribution < 1.29 is 24.2 Å². The summed E-state index contributed by atoms with van der Waals surface area (Å²) in [5, 5.41) is 15.1. The molecule has 2 unspecified atom stereocenters. The number of hydrogen-bond acceptors (Lipinski definition) is 7. The predicted molar refractivity (Wildman–Crippen MR) is 160 cm³/mol. The highest BCUT2D eigenvalue weighted by atomic mass is 32.1. The fourth-order valence-electron chi connectivity index (χ4n) is 5.26. The molecule has 0 spiro atoms. The van der Waals surface area contributed by atoms with Crippen LogP contribution >= 0.6 is 11.3 Å². The second-order valence-electron chi connectivity index (χ2n) is 10.3. The summed E-state index contributed by atoms with van der Waals surface area (Å²) in [6.07, 6.45) is 0.912. The molecule has 0 bridgehead atoms. The SMILES string of the molecule is CN(Cc1ccccc1)CC(NC(=O)OCC1c2ccccc2-c2ccccc21)C(=O)NC(Cc1cncs1)C(=O)O. The molecule has 0 radical (unpaired) electrons. The monoisotopic (exact) mass is 584 g/mol. The quantitative estimate of drug-likeness (QED) is 0.227. The Labute approximate surface area is 248 Å². The van der Waals surface area contributed by atoms with E-state index in [1.54, 1.807) is 11.7 Å². The number of likely N-dealkylation sites (N-methyl/N-ethyl adjacent to an activating group) is 1. The number of ether oxygens (including phenoxy) is 1. The number of aromatic nitrogens is 1. The molecule has 1 heterocycles. The first-order valence-electron chi connectivity index (χ1n) is 13.6. The number of fused-ring (bicyclic) bond motifs is 3. The summed E-state index contributed by atoms with van der Waals surface area (Å²) < 4.78 is 5.69. The highest BCUT2D eigenvalue weighted by molar-refractivity contribution is 7.09. The van der Waals surface area contributed by atoms with Crippen LogP contribution in [0, 0.1) is 0 Å². The van der Waals surface area contributed by atoms with Gasteiger partial charge in [-0.3, -0.25) is 14.7 Å². The Hall–Kier alpha value is -4.54. The van der Waals surface area contributed by atoms with E-state index >= 15 is 0 Å². The zero-order valence-corrected chi connectivity index (χ0v) is 23.9. The van der Waals surface area contributed by atoms with Crippen molar-refractivity contribution in [2.75, 3.05) is 20.2 Å². The molecule has 3 N–H and O–H groups in total. The number of carboxylic acid groups (broad SMARTS) is 1. The third-order valence-electron chi connectivity index (χ3n) is 7.25. The van der Waals surface area contributed by atoms with E-state index in [4.69, 9.17) is 4.74 Å². The van der Waals surface area contributed by atoms with Gasteiger partial charge in [0.2, 0.25) is 5.91 Å². The topological polar surface area (TPSA) is 121 Å². The van der Waals surface area contributed by atoms with E-state index in [1.165, 1.54) is 11.3 Å². The zero-order chi connectivity index (χ0) is 29.5. The number of nitrogens with zero attached hydrogens (tertiary/aromatic N) is 2. The van der Waals surface area contributed by atoms with Gasteiger partial charge in [-0.1, -0.05) is 78.9 Å². The number of carbonyl (C=O) groups excluding carboxylic acids is 2. The van der Waals surface area contributed by atoms with Crippen molar-refractivity contribution in [3.8, 4) is 11.1 Å². The predicted octanol–water partition coefficient (Wildman–Crippen LogP) is 4.29. The molecule has 0 saturated carbocycles. The molecule has 1 aliphatic carbocycles. The number of hydrogen-bond donors (Lipinski definition) is 3. The fourth-order valence-corrected chi connectivity index (χ4v) is 5.91. The molecule has 10 heteroatoms. The lowest BCUT2D eigenvalue weighted by Gasteiger charge is -2.26. The number of alkyl carbamates (subject to hydrolysis) is 1. The summed E-state index contributed by atoms with van der Waals surface area (Å²) in [6, 6.07) is 23.6. The highest BCUT2D eigenvalue weighted by Gasteiger charge is 2.31. The van der Waals surface area contributed by atoms with Gasteiger partial charge in [-0.05, 0) is 34.9 Å². The van der Waals surface area contributed by atoms with Crippen molar-refractivity contribution in [3.05, 3.63) is 112 Å². The summed E-state index contributed by atoms with van der Waals surface area (Å²) in [5.74, 6) is -1.92. The van der Waals surface area contributed by atoms with Crippen LogP contribution in [0.2, 0.25) is 0 Å². The van der Waals surface area contributed by atoms with E-state index in [1.807, 2.05) is 78.7 Å². The maximum atomic E-state index is 13.4. The van der Waals surface area contributed by atoms with Crippen molar-refractivity contribution >= 4 is 29.3 Å². The third kappa shape index (κ3) is 7.02. The molecule has 1 aromatic heterocycles.